The summed E-state index contributed by atoms with van der Waals surface area (Å²) in [7, 11) is 0. The highest BCUT2D eigenvalue weighted by atomic mass is 15.3. The molecule has 102 valence electrons. The van der Waals surface area contributed by atoms with E-state index in [1.807, 2.05) is 0 Å². The van der Waals surface area contributed by atoms with E-state index in [2.05, 4.69) is 52.3 Å². The molecule has 1 aliphatic carbocycles. The first-order valence-electron chi connectivity index (χ1n) is 7.56. The lowest BCUT2D eigenvalue weighted by Gasteiger charge is -2.34. The fourth-order valence-corrected chi connectivity index (χ4v) is 2.72. The third kappa shape index (κ3) is 4.19. The van der Waals surface area contributed by atoms with Gasteiger partial charge in [-0.3, -0.25) is 4.90 Å². The standard InChI is InChI=1S/C17H24N2/c1-2-5-16(6-3-1)7-4-10-18-11-13-19(14-12-18)15-17-8-9-17/h1-7,17H,8-15H2/b7-4+. The predicted octanol–water partition coefficient (Wildman–Crippen LogP) is 2.73. The molecule has 1 aliphatic heterocycles. The minimum Gasteiger partial charge on any atom is -0.301 e. The summed E-state index contributed by atoms with van der Waals surface area (Å²) in [5, 5.41) is 0. The summed E-state index contributed by atoms with van der Waals surface area (Å²) in [5.74, 6) is 1.03. The minimum absolute atomic E-state index is 1.03. The monoisotopic (exact) mass is 256 g/mol. The van der Waals surface area contributed by atoms with Gasteiger partial charge in [0.2, 0.25) is 0 Å². The number of rotatable bonds is 5. The van der Waals surface area contributed by atoms with Gasteiger partial charge in [0, 0.05) is 39.3 Å². The molecule has 3 rings (SSSR count). The summed E-state index contributed by atoms with van der Waals surface area (Å²) in [6.45, 7) is 7.42. The first kappa shape index (κ1) is 12.9. The Morgan fingerprint density at radius 2 is 1.63 bits per heavy atom. The summed E-state index contributed by atoms with van der Waals surface area (Å²) in [4.78, 5) is 5.21. The highest BCUT2D eigenvalue weighted by Crippen LogP contribution is 2.29. The van der Waals surface area contributed by atoms with Gasteiger partial charge in [0.25, 0.3) is 0 Å². The second-order valence-electron chi connectivity index (χ2n) is 5.86. The van der Waals surface area contributed by atoms with E-state index in [4.69, 9.17) is 0 Å². The highest BCUT2D eigenvalue weighted by molar-refractivity contribution is 5.48. The van der Waals surface area contributed by atoms with Crippen molar-refractivity contribution in [1.82, 2.24) is 9.80 Å². The van der Waals surface area contributed by atoms with Gasteiger partial charge in [0.15, 0.2) is 0 Å². The topological polar surface area (TPSA) is 6.48 Å². The maximum Gasteiger partial charge on any atom is 0.0167 e. The van der Waals surface area contributed by atoms with E-state index in [0.717, 1.165) is 12.5 Å². The Morgan fingerprint density at radius 3 is 2.32 bits per heavy atom. The smallest absolute Gasteiger partial charge is 0.0167 e. The lowest BCUT2D eigenvalue weighted by molar-refractivity contribution is 0.138. The molecule has 0 unspecified atom stereocenters. The van der Waals surface area contributed by atoms with Gasteiger partial charge in [0.05, 0.1) is 0 Å². The summed E-state index contributed by atoms with van der Waals surface area (Å²) < 4.78 is 0. The molecule has 0 aromatic heterocycles. The molecule has 0 spiro atoms. The SMILES string of the molecule is C(=C\c1ccccc1)/CN1CCN(CC2CC2)CC1. The second kappa shape index (κ2) is 6.36. The molecule has 0 amide bonds. The molecule has 0 radical (unpaired) electrons. The quantitative estimate of drug-likeness (QED) is 0.799. The van der Waals surface area contributed by atoms with Gasteiger partial charge in [-0.15, -0.1) is 0 Å². The molecule has 0 atom stereocenters. The van der Waals surface area contributed by atoms with E-state index in [1.165, 1.54) is 51.1 Å². The van der Waals surface area contributed by atoms with Gasteiger partial charge in [-0.1, -0.05) is 42.5 Å². The van der Waals surface area contributed by atoms with Crippen LogP contribution in [0.5, 0.6) is 0 Å². The Hall–Kier alpha value is -1.12. The van der Waals surface area contributed by atoms with Crippen LogP contribution in [-0.2, 0) is 0 Å². The molecule has 1 saturated heterocycles. The summed E-state index contributed by atoms with van der Waals surface area (Å²) in [6.07, 6.45) is 7.47. The number of nitrogens with zero attached hydrogens (tertiary/aromatic N) is 2. The first-order valence-corrected chi connectivity index (χ1v) is 7.56. The van der Waals surface area contributed by atoms with Crippen LogP contribution in [0.25, 0.3) is 6.08 Å². The van der Waals surface area contributed by atoms with Crippen LogP contribution in [0.15, 0.2) is 36.4 Å². The Labute approximate surface area is 116 Å². The Bertz CT molecular complexity index is 401. The molecule has 1 saturated carbocycles. The Morgan fingerprint density at radius 1 is 0.947 bits per heavy atom. The molecular weight excluding hydrogens is 232 g/mol. The van der Waals surface area contributed by atoms with Crippen LogP contribution in [0, 0.1) is 5.92 Å². The average Bonchev–Trinajstić information content (AvgIpc) is 3.26. The van der Waals surface area contributed by atoms with Gasteiger partial charge in [-0.2, -0.15) is 0 Å². The van der Waals surface area contributed by atoms with E-state index in [1.54, 1.807) is 0 Å². The number of hydrogen-bond acceptors (Lipinski definition) is 2. The molecule has 1 aromatic rings. The molecule has 2 fully saturated rings. The zero-order valence-corrected chi connectivity index (χ0v) is 11.7. The van der Waals surface area contributed by atoms with Crippen molar-refractivity contribution >= 4 is 6.08 Å². The second-order valence-corrected chi connectivity index (χ2v) is 5.86. The van der Waals surface area contributed by atoms with Crippen LogP contribution in [0.2, 0.25) is 0 Å². The van der Waals surface area contributed by atoms with Gasteiger partial charge in [-0.05, 0) is 24.3 Å². The van der Waals surface area contributed by atoms with Crippen LogP contribution in [-0.4, -0.2) is 49.1 Å². The first-order chi connectivity index (χ1) is 9.40. The van der Waals surface area contributed by atoms with Crippen molar-refractivity contribution in [1.29, 1.82) is 0 Å². The zero-order valence-electron chi connectivity index (χ0n) is 11.7. The fourth-order valence-electron chi connectivity index (χ4n) is 2.72. The van der Waals surface area contributed by atoms with Crippen LogP contribution < -0.4 is 0 Å². The highest BCUT2D eigenvalue weighted by Gasteiger charge is 2.25. The van der Waals surface area contributed by atoms with E-state index in [-0.39, 0.29) is 0 Å². The molecule has 1 aromatic carbocycles. The maximum absolute atomic E-state index is 2.65. The zero-order chi connectivity index (χ0) is 12.9. The predicted molar refractivity (Wildman–Crippen MR) is 81.1 cm³/mol. The van der Waals surface area contributed by atoms with E-state index in [0.29, 0.717) is 0 Å². The van der Waals surface area contributed by atoms with Crippen molar-refractivity contribution in [3.05, 3.63) is 42.0 Å². The molecule has 19 heavy (non-hydrogen) atoms. The van der Waals surface area contributed by atoms with Crippen molar-refractivity contribution in [2.45, 2.75) is 12.8 Å². The van der Waals surface area contributed by atoms with Crippen LogP contribution in [0.1, 0.15) is 18.4 Å². The fraction of sp³-hybridized carbons (Fsp3) is 0.529. The van der Waals surface area contributed by atoms with Crippen LogP contribution in [0.3, 0.4) is 0 Å². The largest absolute Gasteiger partial charge is 0.301 e. The average molecular weight is 256 g/mol. The maximum atomic E-state index is 2.65. The third-order valence-electron chi connectivity index (χ3n) is 4.15. The van der Waals surface area contributed by atoms with Gasteiger partial charge in [0.1, 0.15) is 0 Å². The van der Waals surface area contributed by atoms with Crippen molar-refractivity contribution in [3.63, 3.8) is 0 Å². The van der Waals surface area contributed by atoms with Gasteiger partial charge < -0.3 is 4.90 Å². The molecule has 2 nitrogen and oxygen atoms in total. The lowest BCUT2D eigenvalue weighted by atomic mass is 10.2. The summed E-state index contributed by atoms with van der Waals surface area (Å²) in [6, 6.07) is 10.6. The van der Waals surface area contributed by atoms with Gasteiger partial charge in [-0.25, -0.2) is 0 Å². The van der Waals surface area contributed by atoms with Crippen LogP contribution in [0.4, 0.5) is 0 Å². The molecule has 0 bridgehead atoms. The lowest BCUT2D eigenvalue weighted by Crippen LogP contribution is -2.46. The number of benzene rings is 1. The van der Waals surface area contributed by atoms with Crippen molar-refractivity contribution in [2.24, 2.45) is 5.92 Å². The Kier molecular flexibility index (Phi) is 4.31. The third-order valence-corrected chi connectivity index (χ3v) is 4.15. The van der Waals surface area contributed by atoms with Crippen molar-refractivity contribution in [2.75, 3.05) is 39.3 Å². The number of piperazine rings is 1. The normalized spacial score (nSPS) is 22.1. The minimum atomic E-state index is 1.03. The summed E-state index contributed by atoms with van der Waals surface area (Å²) in [5.41, 5.74) is 1.30. The van der Waals surface area contributed by atoms with Crippen molar-refractivity contribution < 1.29 is 0 Å². The van der Waals surface area contributed by atoms with Gasteiger partial charge >= 0.3 is 0 Å². The Balaban J connectivity index is 1.38. The molecule has 2 heteroatoms. The van der Waals surface area contributed by atoms with E-state index >= 15 is 0 Å². The van der Waals surface area contributed by atoms with Crippen molar-refractivity contribution in [3.8, 4) is 0 Å². The number of hydrogen-bond donors (Lipinski definition) is 0. The van der Waals surface area contributed by atoms with Crippen LogP contribution >= 0.6 is 0 Å². The molecule has 0 N–H and O–H groups in total. The molecule has 2 aliphatic rings. The molecular formula is C17H24N2. The summed E-state index contributed by atoms with van der Waals surface area (Å²) >= 11 is 0. The van der Waals surface area contributed by atoms with E-state index in [9.17, 15) is 0 Å². The molecule has 1 heterocycles. The van der Waals surface area contributed by atoms with E-state index < -0.39 is 0 Å².